The topological polar surface area (TPSA) is 73.0 Å². The van der Waals surface area contributed by atoms with Crippen LogP contribution in [0.25, 0.3) is 0 Å². The van der Waals surface area contributed by atoms with Crippen molar-refractivity contribution in [3.05, 3.63) is 56.8 Å². The largest absolute Gasteiger partial charge is 0.312 e. The molecule has 0 aliphatic heterocycles. The standard InChI is InChI=1S/C13H15BrN4O2/c14-12-3-4-13(18(19)20)11(9-12)10-15-5-1-7-17-8-2-6-16-17/h2-4,6,8-9,15H,1,5,7,10H2. The van der Waals surface area contributed by atoms with Gasteiger partial charge in [-0.1, -0.05) is 15.9 Å². The molecule has 1 aromatic heterocycles. The van der Waals surface area contributed by atoms with E-state index in [9.17, 15) is 10.1 Å². The Morgan fingerprint density at radius 2 is 2.30 bits per heavy atom. The van der Waals surface area contributed by atoms with Gasteiger partial charge in [0.2, 0.25) is 0 Å². The van der Waals surface area contributed by atoms with Crippen molar-refractivity contribution in [2.75, 3.05) is 6.54 Å². The highest BCUT2D eigenvalue weighted by atomic mass is 79.9. The first-order valence-corrected chi connectivity index (χ1v) is 7.07. The fourth-order valence-corrected chi connectivity index (χ4v) is 2.30. The van der Waals surface area contributed by atoms with Crippen LogP contribution in [-0.4, -0.2) is 21.2 Å². The van der Waals surface area contributed by atoms with Crippen LogP contribution in [0, 0.1) is 10.1 Å². The molecule has 0 unspecified atom stereocenters. The molecule has 1 aromatic carbocycles. The summed E-state index contributed by atoms with van der Waals surface area (Å²) in [6, 6.07) is 6.86. The Hall–Kier alpha value is -1.73. The van der Waals surface area contributed by atoms with Crippen LogP contribution in [0.15, 0.2) is 41.1 Å². The second-order valence-corrected chi connectivity index (χ2v) is 5.25. The van der Waals surface area contributed by atoms with Crippen LogP contribution in [0.3, 0.4) is 0 Å². The summed E-state index contributed by atoms with van der Waals surface area (Å²) in [4.78, 5) is 10.6. The van der Waals surface area contributed by atoms with Crippen molar-refractivity contribution in [2.24, 2.45) is 0 Å². The van der Waals surface area contributed by atoms with Gasteiger partial charge in [-0.05, 0) is 31.2 Å². The van der Waals surface area contributed by atoms with E-state index in [0.717, 1.165) is 24.0 Å². The van der Waals surface area contributed by atoms with Crippen molar-refractivity contribution in [2.45, 2.75) is 19.5 Å². The molecule has 0 saturated carbocycles. The fourth-order valence-electron chi connectivity index (χ4n) is 1.90. The zero-order valence-corrected chi connectivity index (χ0v) is 12.4. The minimum absolute atomic E-state index is 0.146. The van der Waals surface area contributed by atoms with Crippen molar-refractivity contribution < 1.29 is 4.92 Å². The van der Waals surface area contributed by atoms with Gasteiger partial charge in [0.1, 0.15) is 0 Å². The van der Waals surface area contributed by atoms with Gasteiger partial charge in [-0.15, -0.1) is 0 Å². The number of nitrogens with zero attached hydrogens (tertiary/aromatic N) is 3. The first-order chi connectivity index (χ1) is 9.66. The van der Waals surface area contributed by atoms with Crippen LogP contribution >= 0.6 is 15.9 Å². The lowest BCUT2D eigenvalue weighted by Crippen LogP contribution is -2.17. The molecule has 0 atom stereocenters. The first kappa shape index (κ1) is 14.7. The van der Waals surface area contributed by atoms with E-state index in [4.69, 9.17) is 0 Å². The number of aryl methyl sites for hydroxylation is 1. The lowest BCUT2D eigenvalue weighted by molar-refractivity contribution is -0.385. The molecule has 0 aliphatic carbocycles. The molecule has 2 rings (SSSR count). The molecule has 7 heteroatoms. The zero-order chi connectivity index (χ0) is 14.4. The summed E-state index contributed by atoms with van der Waals surface area (Å²) >= 11 is 3.33. The summed E-state index contributed by atoms with van der Waals surface area (Å²) < 4.78 is 2.71. The third-order valence-corrected chi connectivity index (χ3v) is 3.35. The predicted molar refractivity (Wildman–Crippen MR) is 79.3 cm³/mol. The van der Waals surface area contributed by atoms with Crippen molar-refractivity contribution in [3.63, 3.8) is 0 Å². The normalized spacial score (nSPS) is 10.7. The third kappa shape index (κ3) is 4.14. The average Bonchev–Trinajstić information content (AvgIpc) is 2.91. The molecule has 0 spiro atoms. The van der Waals surface area contributed by atoms with Gasteiger partial charge in [0, 0.05) is 41.6 Å². The molecule has 20 heavy (non-hydrogen) atoms. The quantitative estimate of drug-likeness (QED) is 0.478. The van der Waals surface area contributed by atoms with E-state index >= 15 is 0 Å². The molecule has 6 nitrogen and oxygen atoms in total. The number of benzene rings is 1. The van der Waals surface area contributed by atoms with Gasteiger partial charge in [0.15, 0.2) is 0 Å². The van der Waals surface area contributed by atoms with Gasteiger partial charge in [-0.2, -0.15) is 5.10 Å². The summed E-state index contributed by atoms with van der Waals surface area (Å²) in [5, 5.41) is 18.3. The maximum absolute atomic E-state index is 10.9. The van der Waals surface area contributed by atoms with Crippen molar-refractivity contribution in [1.82, 2.24) is 15.1 Å². The smallest absolute Gasteiger partial charge is 0.273 e. The maximum atomic E-state index is 10.9. The first-order valence-electron chi connectivity index (χ1n) is 6.28. The van der Waals surface area contributed by atoms with E-state index in [1.165, 1.54) is 6.07 Å². The fraction of sp³-hybridized carbons (Fsp3) is 0.308. The highest BCUT2D eigenvalue weighted by Crippen LogP contribution is 2.22. The van der Waals surface area contributed by atoms with Gasteiger partial charge in [-0.3, -0.25) is 14.8 Å². The van der Waals surface area contributed by atoms with E-state index in [-0.39, 0.29) is 10.6 Å². The SMILES string of the molecule is O=[N+]([O-])c1ccc(Br)cc1CNCCCn1cccn1. The van der Waals surface area contributed by atoms with E-state index < -0.39 is 0 Å². The van der Waals surface area contributed by atoms with Gasteiger partial charge in [0.25, 0.3) is 5.69 Å². The molecule has 0 amide bonds. The van der Waals surface area contributed by atoms with E-state index in [2.05, 4.69) is 26.3 Å². The van der Waals surface area contributed by atoms with Crippen LogP contribution in [0.1, 0.15) is 12.0 Å². The van der Waals surface area contributed by atoms with E-state index in [1.54, 1.807) is 18.3 Å². The van der Waals surface area contributed by atoms with Crippen LogP contribution < -0.4 is 5.32 Å². The Morgan fingerprint density at radius 1 is 1.45 bits per heavy atom. The molecule has 0 bridgehead atoms. The van der Waals surface area contributed by atoms with Gasteiger partial charge < -0.3 is 5.32 Å². The lowest BCUT2D eigenvalue weighted by atomic mass is 10.2. The van der Waals surface area contributed by atoms with Crippen molar-refractivity contribution in [1.29, 1.82) is 0 Å². The summed E-state index contributed by atoms with van der Waals surface area (Å²) in [5.41, 5.74) is 0.830. The highest BCUT2D eigenvalue weighted by Gasteiger charge is 2.12. The predicted octanol–water partition coefficient (Wildman–Crippen LogP) is 2.73. The van der Waals surface area contributed by atoms with E-state index in [1.807, 2.05) is 16.9 Å². The number of aromatic nitrogens is 2. The Balaban J connectivity index is 1.81. The lowest BCUT2D eigenvalue weighted by Gasteiger charge is -2.06. The number of halogens is 1. The Labute approximate surface area is 125 Å². The third-order valence-electron chi connectivity index (χ3n) is 2.85. The number of rotatable bonds is 7. The van der Waals surface area contributed by atoms with Crippen LogP contribution in [0.4, 0.5) is 5.69 Å². The molecule has 0 fully saturated rings. The summed E-state index contributed by atoms with van der Waals surface area (Å²) in [6.07, 6.45) is 4.58. The van der Waals surface area contributed by atoms with Crippen LogP contribution in [-0.2, 0) is 13.1 Å². The molecule has 0 aliphatic rings. The molecule has 2 aromatic rings. The number of hydrogen-bond acceptors (Lipinski definition) is 4. The Morgan fingerprint density at radius 3 is 3.00 bits per heavy atom. The van der Waals surface area contributed by atoms with Crippen LogP contribution in [0.5, 0.6) is 0 Å². The minimum Gasteiger partial charge on any atom is -0.312 e. The van der Waals surface area contributed by atoms with Crippen molar-refractivity contribution in [3.8, 4) is 0 Å². The molecule has 1 N–H and O–H groups in total. The number of nitro groups is 1. The molecular formula is C13H15BrN4O2. The second-order valence-electron chi connectivity index (χ2n) is 4.33. The van der Waals surface area contributed by atoms with Gasteiger partial charge in [-0.25, -0.2) is 0 Å². The van der Waals surface area contributed by atoms with Crippen LogP contribution in [0.2, 0.25) is 0 Å². The summed E-state index contributed by atoms with van der Waals surface area (Å²) in [5.74, 6) is 0. The Bertz CT molecular complexity index is 572. The number of nitrogens with one attached hydrogen (secondary N) is 1. The summed E-state index contributed by atoms with van der Waals surface area (Å²) in [6.45, 7) is 2.10. The molecule has 106 valence electrons. The molecule has 0 radical (unpaired) electrons. The molecule has 1 heterocycles. The number of hydrogen-bond donors (Lipinski definition) is 1. The molecular weight excluding hydrogens is 324 g/mol. The zero-order valence-electron chi connectivity index (χ0n) is 10.8. The van der Waals surface area contributed by atoms with Crippen molar-refractivity contribution >= 4 is 21.6 Å². The molecule has 0 saturated heterocycles. The van der Waals surface area contributed by atoms with E-state index in [0.29, 0.717) is 12.1 Å². The minimum atomic E-state index is -0.354. The average molecular weight is 339 g/mol. The highest BCUT2D eigenvalue weighted by molar-refractivity contribution is 9.10. The maximum Gasteiger partial charge on any atom is 0.273 e. The number of nitro benzene ring substituents is 1. The monoisotopic (exact) mass is 338 g/mol. The van der Waals surface area contributed by atoms with Gasteiger partial charge in [0.05, 0.1) is 4.92 Å². The second kappa shape index (κ2) is 7.16. The van der Waals surface area contributed by atoms with Gasteiger partial charge >= 0.3 is 0 Å². The summed E-state index contributed by atoms with van der Waals surface area (Å²) in [7, 11) is 0. The Kier molecular flexibility index (Phi) is 5.25.